The molecule has 1 aromatic rings. The highest BCUT2D eigenvalue weighted by atomic mass is 16.6. The van der Waals surface area contributed by atoms with Gasteiger partial charge in [-0.2, -0.15) is 0 Å². The fourth-order valence-electron chi connectivity index (χ4n) is 0.962. The van der Waals surface area contributed by atoms with Crippen LogP contribution in [0.15, 0.2) is 4.63 Å². The van der Waals surface area contributed by atoms with Crippen molar-refractivity contribution in [3.8, 4) is 0 Å². The molecule has 0 aliphatic carbocycles. The number of hydrogen-bond acceptors (Lipinski definition) is 4. The molecule has 9 heavy (non-hydrogen) atoms. The van der Waals surface area contributed by atoms with Crippen molar-refractivity contribution in [1.29, 1.82) is 0 Å². The monoisotopic (exact) mass is 125 g/mol. The Morgan fingerprint density at radius 2 is 2.22 bits per heavy atom. The van der Waals surface area contributed by atoms with Gasteiger partial charge < -0.3 is 5.32 Å². The van der Waals surface area contributed by atoms with Gasteiger partial charge in [-0.15, -0.1) is 0 Å². The average Bonchev–Trinajstić information content (AvgIpc) is 2.33. The second-order valence-electron chi connectivity index (χ2n) is 2.08. The maximum atomic E-state index is 4.53. The van der Waals surface area contributed by atoms with Gasteiger partial charge in [0.15, 0.2) is 0 Å². The molecule has 0 spiro atoms. The fraction of sp³-hybridized carbons (Fsp3) is 0.600. The van der Waals surface area contributed by atoms with Crippen molar-refractivity contribution in [2.24, 2.45) is 0 Å². The van der Waals surface area contributed by atoms with E-state index in [4.69, 9.17) is 0 Å². The molecule has 2 heterocycles. The van der Waals surface area contributed by atoms with E-state index in [1.807, 2.05) is 0 Å². The molecule has 0 atom stereocenters. The van der Waals surface area contributed by atoms with Crippen LogP contribution in [0.1, 0.15) is 11.4 Å². The predicted molar refractivity (Wildman–Crippen MR) is 29.7 cm³/mol. The highest BCUT2D eigenvalue weighted by molar-refractivity contribution is 5.09. The SMILES string of the molecule is C1Cc2nonc2CN1. The normalized spacial score (nSPS) is 17.3. The molecule has 2 rings (SSSR count). The van der Waals surface area contributed by atoms with Gasteiger partial charge >= 0.3 is 0 Å². The molecule has 1 N–H and O–H groups in total. The van der Waals surface area contributed by atoms with Crippen molar-refractivity contribution < 1.29 is 4.63 Å². The summed E-state index contributed by atoms with van der Waals surface area (Å²) >= 11 is 0. The van der Waals surface area contributed by atoms with E-state index in [1.54, 1.807) is 0 Å². The average molecular weight is 125 g/mol. The zero-order valence-electron chi connectivity index (χ0n) is 4.92. The molecular formula is C5H7N3O. The quantitative estimate of drug-likeness (QED) is 0.518. The maximum absolute atomic E-state index is 4.53. The zero-order valence-corrected chi connectivity index (χ0v) is 4.92. The van der Waals surface area contributed by atoms with Crippen LogP contribution in [0.3, 0.4) is 0 Å². The van der Waals surface area contributed by atoms with Gasteiger partial charge in [-0.1, -0.05) is 10.3 Å². The fourth-order valence-corrected chi connectivity index (χ4v) is 0.962. The molecule has 1 aliphatic rings. The standard InChI is InChI=1S/C5H7N3O/c1-2-6-3-5-4(1)7-9-8-5/h6H,1-3H2. The molecular weight excluding hydrogens is 118 g/mol. The molecule has 4 heteroatoms. The van der Waals surface area contributed by atoms with Crippen LogP contribution in [0.4, 0.5) is 0 Å². The van der Waals surface area contributed by atoms with Crippen LogP contribution in [0.5, 0.6) is 0 Å². The Morgan fingerprint density at radius 3 is 3.11 bits per heavy atom. The van der Waals surface area contributed by atoms with Crippen LogP contribution in [0.2, 0.25) is 0 Å². The summed E-state index contributed by atoms with van der Waals surface area (Å²) in [6, 6.07) is 0. The van der Waals surface area contributed by atoms with Gasteiger partial charge in [0.25, 0.3) is 0 Å². The first-order valence-corrected chi connectivity index (χ1v) is 2.98. The van der Waals surface area contributed by atoms with E-state index in [2.05, 4.69) is 20.3 Å². The maximum Gasteiger partial charge on any atom is 0.122 e. The minimum atomic E-state index is 0.804. The van der Waals surface area contributed by atoms with Crippen molar-refractivity contribution in [2.75, 3.05) is 6.54 Å². The lowest BCUT2D eigenvalue weighted by atomic mass is 10.2. The summed E-state index contributed by atoms with van der Waals surface area (Å²) in [5, 5.41) is 10.6. The van der Waals surface area contributed by atoms with E-state index >= 15 is 0 Å². The van der Waals surface area contributed by atoms with Crippen molar-refractivity contribution >= 4 is 0 Å². The van der Waals surface area contributed by atoms with Crippen LogP contribution >= 0.6 is 0 Å². The minimum absolute atomic E-state index is 0.804. The minimum Gasteiger partial charge on any atom is -0.311 e. The second kappa shape index (κ2) is 1.80. The molecule has 4 nitrogen and oxygen atoms in total. The highest BCUT2D eigenvalue weighted by Gasteiger charge is 2.12. The Hall–Kier alpha value is -0.900. The third kappa shape index (κ3) is 0.712. The summed E-state index contributed by atoms with van der Waals surface area (Å²) in [6.07, 6.45) is 0.943. The molecule has 0 amide bonds. The van der Waals surface area contributed by atoms with E-state index in [0.29, 0.717) is 0 Å². The lowest BCUT2D eigenvalue weighted by Crippen LogP contribution is -2.23. The number of rotatable bonds is 0. The molecule has 0 fully saturated rings. The number of nitrogens with zero attached hydrogens (tertiary/aromatic N) is 2. The lowest BCUT2D eigenvalue weighted by Gasteiger charge is -2.06. The van der Waals surface area contributed by atoms with E-state index in [0.717, 1.165) is 30.9 Å². The van der Waals surface area contributed by atoms with Gasteiger partial charge in [-0.25, -0.2) is 4.63 Å². The summed E-state index contributed by atoms with van der Waals surface area (Å²) in [7, 11) is 0. The Balaban J connectivity index is 2.39. The third-order valence-corrected chi connectivity index (χ3v) is 1.47. The largest absolute Gasteiger partial charge is 0.311 e. The first-order chi connectivity index (χ1) is 4.47. The van der Waals surface area contributed by atoms with Gasteiger partial charge in [0.2, 0.25) is 0 Å². The van der Waals surface area contributed by atoms with Crippen LogP contribution in [0, 0.1) is 0 Å². The molecule has 0 saturated heterocycles. The summed E-state index contributed by atoms with van der Waals surface area (Å²) < 4.78 is 4.53. The highest BCUT2D eigenvalue weighted by Crippen LogP contribution is 2.06. The van der Waals surface area contributed by atoms with E-state index in [9.17, 15) is 0 Å². The van der Waals surface area contributed by atoms with Crippen LogP contribution < -0.4 is 5.32 Å². The second-order valence-corrected chi connectivity index (χ2v) is 2.08. The topological polar surface area (TPSA) is 51.0 Å². The molecule has 0 aromatic carbocycles. The number of fused-ring (bicyclic) bond motifs is 1. The number of aromatic nitrogens is 2. The van der Waals surface area contributed by atoms with E-state index in [-0.39, 0.29) is 0 Å². The van der Waals surface area contributed by atoms with Gasteiger partial charge in [0.05, 0.1) is 0 Å². The smallest absolute Gasteiger partial charge is 0.122 e. The molecule has 0 saturated carbocycles. The summed E-state index contributed by atoms with van der Waals surface area (Å²) in [6.45, 7) is 1.79. The van der Waals surface area contributed by atoms with Gasteiger partial charge in [-0.05, 0) is 0 Å². The van der Waals surface area contributed by atoms with Crippen molar-refractivity contribution in [3.63, 3.8) is 0 Å². The Bertz CT molecular complexity index is 187. The molecule has 1 aliphatic heterocycles. The first kappa shape index (κ1) is 4.93. The zero-order chi connectivity index (χ0) is 6.10. The summed E-state index contributed by atoms with van der Waals surface area (Å²) in [5.74, 6) is 0. The summed E-state index contributed by atoms with van der Waals surface area (Å²) in [4.78, 5) is 0. The molecule has 0 unspecified atom stereocenters. The molecule has 0 radical (unpaired) electrons. The van der Waals surface area contributed by atoms with Gasteiger partial charge in [-0.3, -0.25) is 0 Å². The Morgan fingerprint density at radius 1 is 1.33 bits per heavy atom. The van der Waals surface area contributed by atoms with Gasteiger partial charge in [0.1, 0.15) is 11.4 Å². The lowest BCUT2D eigenvalue weighted by molar-refractivity contribution is 0.301. The molecule has 1 aromatic heterocycles. The van der Waals surface area contributed by atoms with Crippen LogP contribution in [0.25, 0.3) is 0 Å². The molecule has 48 valence electrons. The van der Waals surface area contributed by atoms with Crippen molar-refractivity contribution in [1.82, 2.24) is 15.6 Å². The molecule has 0 bridgehead atoms. The third-order valence-electron chi connectivity index (χ3n) is 1.47. The van der Waals surface area contributed by atoms with Gasteiger partial charge in [0, 0.05) is 19.5 Å². The van der Waals surface area contributed by atoms with Crippen molar-refractivity contribution in [3.05, 3.63) is 11.4 Å². The first-order valence-electron chi connectivity index (χ1n) is 2.98. The van der Waals surface area contributed by atoms with Crippen molar-refractivity contribution in [2.45, 2.75) is 13.0 Å². The van der Waals surface area contributed by atoms with E-state index < -0.39 is 0 Å². The summed E-state index contributed by atoms with van der Waals surface area (Å²) in [5.41, 5.74) is 1.97. The Kier molecular flexibility index (Phi) is 0.989. The van der Waals surface area contributed by atoms with Crippen LogP contribution in [-0.4, -0.2) is 16.9 Å². The predicted octanol–water partition coefficient (Wildman–Crippen LogP) is -0.285. The Labute approximate surface area is 52.2 Å². The van der Waals surface area contributed by atoms with Crippen LogP contribution in [-0.2, 0) is 13.0 Å². The number of nitrogens with one attached hydrogen (secondary N) is 1. The number of hydrogen-bond donors (Lipinski definition) is 1. The van der Waals surface area contributed by atoms with E-state index in [1.165, 1.54) is 0 Å².